The predicted octanol–water partition coefficient (Wildman–Crippen LogP) is 2.29. The van der Waals surface area contributed by atoms with Crippen molar-refractivity contribution in [1.82, 2.24) is 0 Å². The molecule has 0 N–H and O–H groups in total. The molecule has 16 heavy (non-hydrogen) atoms. The summed E-state index contributed by atoms with van der Waals surface area (Å²) in [5.74, 6) is 0.0533. The van der Waals surface area contributed by atoms with E-state index in [-0.39, 0.29) is 17.3 Å². The van der Waals surface area contributed by atoms with Crippen molar-refractivity contribution in [2.45, 2.75) is 25.4 Å². The maximum Gasteiger partial charge on any atom is 0.166 e. The van der Waals surface area contributed by atoms with Gasteiger partial charge in [-0.25, -0.2) is 0 Å². The fourth-order valence-corrected chi connectivity index (χ4v) is 2.57. The Balaban J connectivity index is 2.07. The Kier molecular flexibility index (Phi) is 1.86. The largest absolute Gasteiger partial charge is 0.364 e. The summed E-state index contributed by atoms with van der Waals surface area (Å²) in [7, 11) is 0. The number of aryl methyl sites for hydroxylation is 2. The maximum absolute atomic E-state index is 11.9. The van der Waals surface area contributed by atoms with Gasteiger partial charge in [0.1, 0.15) is 5.60 Å². The zero-order valence-corrected chi connectivity index (χ0v) is 9.49. The van der Waals surface area contributed by atoms with Gasteiger partial charge >= 0.3 is 0 Å². The lowest BCUT2D eigenvalue weighted by Crippen LogP contribution is -2.22. The van der Waals surface area contributed by atoms with E-state index in [1.807, 2.05) is 6.08 Å². The molecule has 1 saturated heterocycles. The zero-order valence-electron chi connectivity index (χ0n) is 9.49. The van der Waals surface area contributed by atoms with Crippen LogP contribution in [0.4, 0.5) is 0 Å². The van der Waals surface area contributed by atoms with Gasteiger partial charge in [0.25, 0.3) is 0 Å². The third-order valence-corrected chi connectivity index (χ3v) is 3.52. The minimum absolute atomic E-state index is 0.118. The molecular weight excluding hydrogens is 200 g/mol. The van der Waals surface area contributed by atoms with Crippen LogP contribution in [0.1, 0.15) is 22.6 Å². The van der Waals surface area contributed by atoms with Crippen LogP contribution in [0.3, 0.4) is 0 Å². The first kappa shape index (κ1) is 9.79. The fourth-order valence-electron chi connectivity index (χ4n) is 2.57. The highest BCUT2D eigenvalue weighted by Gasteiger charge is 2.56. The summed E-state index contributed by atoms with van der Waals surface area (Å²) in [5.41, 5.74) is 3.21. The molecule has 2 nitrogen and oxygen atoms in total. The zero-order chi connectivity index (χ0) is 11.3. The molecule has 1 spiro atoms. The van der Waals surface area contributed by atoms with E-state index in [0.29, 0.717) is 6.61 Å². The highest BCUT2D eigenvalue weighted by atomic mass is 16.6. The first-order chi connectivity index (χ1) is 7.62. The molecule has 1 unspecified atom stereocenters. The fraction of sp³-hybridized carbons (Fsp3) is 0.357. The van der Waals surface area contributed by atoms with E-state index in [4.69, 9.17) is 4.74 Å². The van der Waals surface area contributed by atoms with E-state index in [1.165, 1.54) is 11.1 Å². The van der Waals surface area contributed by atoms with Crippen molar-refractivity contribution in [1.29, 1.82) is 0 Å². The number of epoxide rings is 1. The van der Waals surface area contributed by atoms with Crippen molar-refractivity contribution in [2.24, 2.45) is 0 Å². The van der Waals surface area contributed by atoms with E-state index >= 15 is 0 Å². The molecule has 2 heteroatoms. The summed E-state index contributed by atoms with van der Waals surface area (Å²) in [4.78, 5) is 11.9. The van der Waals surface area contributed by atoms with Crippen LogP contribution in [-0.4, -0.2) is 18.0 Å². The van der Waals surface area contributed by atoms with Crippen LogP contribution in [0.5, 0.6) is 0 Å². The molecule has 0 aromatic heterocycles. The molecular formula is C14H14O2. The number of ether oxygens (including phenoxy) is 1. The van der Waals surface area contributed by atoms with E-state index < -0.39 is 0 Å². The third kappa shape index (κ3) is 1.26. The molecule has 0 amide bonds. The lowest BCUT2D eigenvalue weighted by molar-refractivity contribution is -0.116. The monoisotopic (exact) mass is 214 g/mol. The Morgan fingerprint density at radius 1 is 1.38 bits per heavy atom. The number of hydrogen-bond donors (Lipinski definition) is 0. The summed E-state index contributed by atoms with van der Waals surface area (Å²) in [6, 6.07) is 6.24. The molecule has 1 aromatic rings. The molecule has 1 aliphatic carbocycles. The van der Waals surface area contributed by atoms with Crippen molar-refractivity contribution in [3.05, 3.63) is 47.0 Å². The average Bonchev–Trinajstić information content (AvgIpc) is 2.93. The Morgan fingerprint density at radius 2 is 2.12 bits per heavy atom. The highest BCUT2D eigenvalue weighted by Crippen LogP contribution is 2.48. The molecule has 1 fully saturated rings. The van der Waals surface area contributed by atoms with Crippen LogP contribution in [0.25, 0.3) is 0 Å². The number of ketones is 1. The molecule has 1 heterocycles. The van der Waals surface area contributed by atoms with E-state index in [2.05, 4.69) is 32.0 Å². The Hall–Kier alpha value is -1.41. The normalized spacial score (nSPS) is 31.4. The molecule has 2 aliphatic rings. The van der Waals surface area contributed by atoms with Crippen LogP contribution in [0.2, 0.25) is 0 Å². The van der Waals surface area contributed by atoms with Gasteiger partial charge in [-0.3, -0.25) is 4.79 Å². The molecule has 3 rings (SSSR count). The lowest BCUT2D eigenvalue weighted by Gasteiger charge is -2.17. The van der Waals surface area contributed by atoms with Crippen LogP contribution < -0.4 is 0 Å². The highest BCUT2D eigenvalue weighted by molar-refractivity contribution is 6.00. The molecule has 0 saturated carbocycles. The predicted molar refractivity (Wildman–Crippen MR) is 61.5 cm³/mol. The van der Waals surface area contributed by atoms with Gasteiger partial charge < -0.3 is 4.74 Å². The van der Waals surface area contributed by atoms with Crippen molar-refractivity contribution in [2.75, 3.05) is 6.61 Å². The first-order valence-corrected chi connectivity index (χ1v) is 5.57. The Morgan fingerprint density at radius 3 is 2.75 bits per heavy atom. The Bertz CT molecular complexity index is 495. The third-order valence-electron chi connectivity index (χ3n) is 3.52. The quantitative estimate of drug-likeness (QED) is 0.671. The molecule has 0 bridgehead atoms. The molecule has 2 atom stereocenters. The second-order valence-electron chi connectivity index (χ2n) is 4.77. The van der Waals surface area contributed by atoms with Gasteiger partial charge in [0.2, 0.25) is 0 Å². The molecule has 0 radical (unpaired) electrons. The number of hydrogen-bond acceptors (Lipinski definition) is 2. The molecule has 1 aliphatic heterocycles. The van der Waals surface area contributed by atoms with Gasteiger partial charge in [-0.15, -0.1) is 0 Å². The number of benzene rings is 1. The first-order valence-electron chi connectivity index (χ1n) is 5.57. The minimum atomic E-state index is -0.308. The van der Waals surface area contributed by atoms with E-state index in [9.17, 15) is 4.79 Å². The second kappa shape index (κ2) is 3.05. The number of carbonyl (C=O) groups excluding carboxylic acids is 1. The molecule has 1 aromatic carbocycles. The summed E-state index contributed by atoms with van der Waals surface area (Å²) >= 11 is 0. The van der Waals surface area contributed by atoms with Crippen molar-refractivity contribution in [3.63, 3.8) is 0 Å². The number of rotatable bonds is 1. The smallest absolute Gasteiger partial charge is 0.166 e. The summed E-state index contributed by atoms with van der Waals surface area (Å²) in [6.07, 6.45) is 3.58. The van der Waals surface area contributed by atoms with Gasteiger partial charge in [0, 0.05) is 0 Å². The van der Waals surface area contributed by atoms with Crippen molar-refractivity contribution < 1.29 is 9.53 Å². The van der Waals surface area contributed by atoms with E-state index in [1.54, 1.807) is 6.08 Å². The summed E-state index contributed by atoms with van der Waals surface area (Å²) in [6.45, 7) is 4.80. The van der Waals surface area contributed by atoms with Crippen LogP contribution in [0.15, 0.2) is 30.4 Å². The standard InChI is InChI=1S/C14H14O2/c1-9-3-4-11(10(2)7-9)13-12(15)5-6-14(13)8-16-14/h3-7,13H,8H2,1-2H3/t13?,14-/m1/s1. The maximum atomic E-state index is 11.9. The van der Waals surface area contributed by atoms with Gasteiger partial charge in [0.05, 0.1) is 12.5 Å². The van der Waals surface area contributed by atoms with Gasteiger partial charge in [-0.2, -0.15) is 0 Å². The summed E-state index contributed by atoms with van der Waals surface area (Å²) < 4.78 is 5.47. The van der Waals surface area contributed by atoms with Crippen molar-refractivity contribution in [3.8, 4) is 0 Å². The van der Waals surface area contributed by atoms with E-state index in [0.717, 1.165) is 5.56 Å². The number of carbonyl (C=O) groups is 1. The van der Waals surface area contributed by atoms with Crippen molar-refractivity contribution >= 4 is 5.78 Å². The van der Waals surface area contributed by atoms with Gasteiger partial charge in [-0.1, -0.05) is 23.8 Å². The topological polar surface area (TPSA) is 29.6 Å². The average molecular weight is 214 g/mol. The van der Waals surface area contributed by atoms with Crippen LogP contribution in [0, 0.1) is 13.8 Å². The summed E-state index contributed by atoms with van der Waals surface area (Å²) in [5, 5.41) is 0. The van der Waals surface area contributed by atoms with Gasteiger partial charge in [-0.05, 0) is 37.1 Å². The number of allylic oxidation sites excluding steroid dienone is 1. The minimum Gasteiger partial charge on any atom is -0.364 e. The SMILES string of the molecule is Cc1ccc(C2C(=O)C=C[C@@]23CO3)c(C)c1. The lowest BCUT2D eigenvalue weighted by atomic mass is 9.85. The second-order valence-corrected chi connectivity index (χ2v) is 4.77. The Labute approximate surface area is 94.9 Å². The van der Waals surface area contributed by atoms with Crippen LogP contribution in [-0.2, 0) is 9.53 Å². The van der Waals surface area contributed by atoms with Gasteiger partial charge in [0.15, 0.2) is 5.78 Å². The molecule has 82 valence electrons. The van der Waals surface area contributed by atoms with Crippen LogP contribution >= 0.6 is 0 Å².